The van der Waals surface area contributed by atoms with Gasteiger partial charge in [0.15, 0.2) is 6.10 Å². The zero-order chi connectivity index (χ0) is 17.8. The van der Waals surface area contributed by atoms with Crippen LogP contribution in [0.3, 0.4) is 0 Å². The zero-order valence-corrected chi connectivity index (χ0v) is 14.6. The topological polar surface area (TPSA) is 63.0 Å². The van der Waals surface area contributed by atoms with Gasteiger partial charge in [0.05, 0.1) is 16.8 Å². The van der Waals surface area contributed by atoms with Crippen LogP contribution in [0.15, 0.2) is 47.3 Å². The maximum Gasteiger partial charge on any atom is 0.263 e. The van der Waals surface area contributed by atoms with Crippen LogP contribution < -0.4 is 4.74 Å². The number of hydrogen-bond acceptors (Lipinski definition) is 4. The first-order valence-corrected chi connectivity index (χ1v) is 8.45. The molecule has 1 aliphatic rings. The van der Waals surface area contributed by atoms with Gasteiger partial charge < -0.3 is 19.0 Å². The predicted molar refractivity (Wildman–Crippen MR) is 92.7 cm³/mol. The molecule has 1 fully saturated rings. The fourth-order valence-electron chi connectivity index (χ4n) is 2.74. The molecule has 1 unspecified atom stereocenters. The van der Waals surface area contributed by atoms with E-state index in [1.165, 1.54) is 12.5 Å². The van der Waals surface area contributed by atoms with Crippen molar-refractivity contribution < 1.29 is 18.7 Å². The van der Waals surface area contributed by atoms with Crippen molar-refractivity contribution in [2.75, 3.05) is 26.2 Å². The molecule has 0 aliphatic carbocycles. The van der Waals surface area contributed by atoms with Crippen molar-refractivity contribution in [2.24, 2.45) is 0 Å². The summed E-state index contributed by atoms with van der Waals surface area (Å²) in [5.74, 6) is 0.287. The summed E-state index contributed by atoms with van der Waals surface area (Å²) in [7, 11) is 0. The fourth-order valence-corrected chi connectivity index (χ4v) is 2.92. The summed E-state index contributed by atoms with van der Waals surface area (Å²) < 4.78 is 10.6. The fraction of sp³-hybridized carbons (Fsp3) is 0.333. The average Bonchev–Trinajstić information content (AvgIpc) is 3.17. The predicted octanol–water partition coefficient (Wildman–Crippen LogP) is 2.68. The average molecular weight is 363 g/mol. The molecule has 132 valence electrons. The van der Waals surface area contributed by atoms with Gasteiger partial charge in [0, 0.05) is 26.2 Å². The first kappa shape index (κ1) is 17.4. The zero-order valence-electron chi connectivity index (χ0n) is 13.9. The van der Waals surface area contributed by atoms with Crippen molar-refractivity contribution in [2.45, 2.75) is 13.0 Å². The molecule has 3 rings (SSSR count). The van der Waals surface area contributed by atoms with E-state index < -0.39 is 6.10 Å². The maximum absolute atomic E-state index is 12.6. The summed E-state index contributed by atoms with van der Waals surface area (Å²) in [5.41, 5.74) is 0.523. The third-order valence-electron chi connectivity index (χ3n) is 4.13. The Kier molecular flexibility index (Phi) is 5.28. The molecule has 0 radical (unpaired) electrons. The van der Waals surface area contributed by atoms with E-state index in [2.05, 4.69) is 0 Å². The Morgan fingerprint density at radius 2 is 1.80 bits per heavy atom. The molecule has 0 spiro atoms. The Labute approximate surface area is 150 Å². The molecule has 6 nitrogen and oxygen atoms in total. The Hall–Kier alpha value is -2.47. The monoisotopic (exact) mass is 362 g/mol. The van der Waals surface area contributed by atoms with Crippen LogP contribution in [0.2, 0.25) is 5.02 Å². The third kappa shape index (κ3) is 3.96. The van der Waals surface area contributed by atoms with Crippen molar-refractivity contribution in [3.05, 3.63) is 53.4 Å². The SMILES string of the molecule is CC(Oc1ccccc1Cl)C(=O)N1CCN(C(=O)c2ccoc2)CC1. The molecule has 25 heavy (non-hydrogen) atoms. The molecular formula is C18H19ClN2O4. The van der Waals surface area contributed by atoms with E-state index in [0.717, 1.165) is 0 Å². The van der Waals surface area contributed by atoms with Gasteiger partial charge in [0.1, 0.15) is 12.0 Å². The molecule has 0 saturated carbocycles. The van der Waals surface area contributed by atoms with E-state index >= 15 is 0 Å². The van der Waals surface area contributed by atoms with Crippen LogP contribution in [0, 0.1) is 0 Å². The normalized spacial score (nSPS) is 15.8. The quantitative estimate of drug-likeness (QED) is 0.839. The number of carbonyl (C=O) groups excluding carboxylic acids is 2. The van der Waals surface area contributed by atoms with E-state index in [9.17, 15) is 9.59 Å². The molecule has 2 heterocycles. The minimum Gasteiger partial charge on any atom is -0.479 e. The van der Waals surface area contributed by atoms with Crippen LogP contribution in [-0.2, 0) is 4.79 Å². The Balaban J connectivity index is 1.54. The van der Waals surface area contributed by atoms with Crippen LogP contribution in [0.4, 0.5) is 0 Å². The van der Waals surface area contributed by atoms with Gasteiger partial charge >= 0.3 is 0 Å². The number of carbonyl (C=O) groups is 2. The molecule has 1 saturated heterocycles. The molecule has 7 heteroatoms. The highest BCUT2D eigenvalue weighted by atomic mass is 35.5. The highest BCUT2D eigenvalue weighted by Crippen LogP contribution is 2.24. The molecule has 2 aromatic rings. The second-order valence-corrected chi connectivity index (χ2v) is 6.23. The smallest absolute Gasteiger partial charge is 0.263 e. The number of nitrogens with zero attached hydrogens (tertiary/aromatic N) is 2. The summed E-state index contributed by atoms with van der Waals surface area (Å²) in [6.45, 7) is 3.61. The van der Waals surface area contributed by atoms with E-state index in [-0.39, 0.29) is 11.8 Å². The number of furan rings is 1. The second kappa shape index (κ2) is 7.61. The molecular weight excluding hydrogens is 344 g/mol. The van der Waals surface area contributed by atoms with Gasteiger partial charge in [-0.3, -0.25) is 9.59 Å². The number of rotatable bonds is 4. The summed E-state index contributed by atoms with van der Waals surface area (Å²) in [6.07, 6.45) is 2.26. The summed E-state index contributed by atoms with van der Waals surface area (Å²) in [4.78, 5) is 28.3. The first-order valence-electron chi connectivity index (χ1n) is 8.07. The van der Waals surface area contributed by atoms with Gasteiger partial charge in [0.2, 0.25) is 0 Å². The third-order valence-corrected chi connectivity index (χ3v) is 4.45. The van der Waals surface area contributed by atoms with Gasteiger partial charge in [-0.25, -0.2) is 0 Å². The minimum absolute atomic E-state index is 0.0822. The molecule has 0 bridgehead atoms. The molecule has 1 atom stereocenters. The highest BCUT2D eigenvalue weighted by molar-refractivity contribution is 6.32. The molecule has 1 aromatic carbocycles. The van der Waals surface area contributed by atoms with Gasteiger partial charge in [-0.15, -0.1) is 0 Å². The molecule has 1 aliphatic heterocycles. The van der Waals surface area contributed by atoms with Crippen molar-refractivity contribution in [3.63, 3.8) is 0 Å². The lowest BCUT2D eigenvalue weighted by atomic mass is 10.2. The summed E-state index contributed by atoms with van der Waals surface area (Å²) >= 11 is 6.06. The number of halogens is 1. The van der Waals surface area contributed by atoms with Crippen LogP contribution in [0.25, 0.3) is 0 Å². The van der Waals surface area contributed by atoms with E-state index in [1.54, 1.807) is 47.1 Å². The molecule has 1 aromatic heterocycles. The van der Waals surface area contributed by atoms with Crippen LogP contribution in [0.5, 0.6) is 5.75 Å². The molecule has 2 amide bonds. The number of amides is 2. The van der Waals surface area contributed by atoms with E-state index in [0.29, 0.717) is 42.5 Å². The minimum atomic E-state index is -0.643. The van der Waals surface area contributed by atoms with Crippen molar-refractivity contribution in [1.29, 1.82) is 0 Å². The number of piperazine rings is 1. The van der Waals surface area contributed by atoms with Crippen molar-refractivity contribution in [3.8, 4) is 5.75 Å². The maximum atomic E-state index is 12.6. The van der Waals surface area contributed by atoms with Gasteiger partial charge in [-0.1, -0.05) is 23.7 Å². The van der Waals surface area contributed by atoms with Gasteiger partial charge in [-0.05, 0) is 25.1 Å². The number of para-hydroxylation sites is 1. The summed E-state index contributed by atoms with van der Waals surface area (Å²) in [5, 5.41) is 0.470. The first-order chi connectivity index (χ1) is 12.1. The summed E-state index contributed by atoms with van der Waals surface area (Å²) in [6, 6.07) is 8.69. The largest absolute Gasteiger partial charge is 0.479 e. The Bertz CT molecular complexity index is 739. The van der Waals surface area contributed by atoms with Crippen LogP contribution >= 0.6 is 11.6 Å². The van der Waals surface area contributed by atoms with Crippen molar-refractivity contribution >= 4 is 23.4 Å². The Morgan fingerprint density at radius 3 is 2.44 bits per heavy atom. The lowest BCUT2D eigenvalue weighted by Gasteiger charge is -2.35. The number of hydrogen-bond donors (Lipinski definition) is 0. The van der Waals surface area contributed by atoms with Crippen LogP contribution in [-0.4, -0.2) is 53.9 Å². The van der Waals surface area contributed by atoms with Crippen LogP contribution in [0.1, 0.15) is 17.3 Å². The van der Waals surface area contributed by atoms with E-state index in [4.69, 9.17) is 20.8 Å². The highest BCUT2D eigenvalue weighted by Gasteiger charge is 2.28. The lowest BCUT2D eigenvalue weighted by Crippen LogP contribution is -2.53. The van der Waals surface area contributed by atoms with Gasteiger partial charge in [-0.2, -0.15) is 0 Å². The number of benzene rings is 1. The number of ether oxygens (including phenoxy) is 1. The second-order valence-electron chi connectivity index (χ2n) is 5.82. The van der Waals surface area contributed by atoms with Crippen molar-refractivity contribution in [1.82, 2.24) is 9.80 Å². The standard InChI is InChI=1S/C18H19ClN2O4/c1-13(25-16-5-3-2-4-15(16)19)17(22)20-7-9-21(10-8-20)18(23)14-6-11-24-12-14/h2-6,11-13H,7-10H2,1H3. The Morgan fingerprint density at radius 1 is 1.12 bits per heavy atom. The lowest BCUT2D eigenvalue weighted by molar-refractivity contribution is -0.139. The van der Waals surface area contributed by atoms with Gasteiger partial charge in [0.25, 0.3) is 11.8 Å². The molecule has 0 N–H and O–H groups in total. The van der Waals surface area contributed by atoms with E-state index in [1.807, 2.05) is 0 Å².